The molecule has 4 nitrogen and oxygen atoms in total. The van der Waals surface area contributed by atoms with Crippen molar-refractivity contribution in [2.45, 2.75) is 20.4 Å². The van der Waals surface area contributed by atoms with Gasteiger partial charge in [0, 0.05) is 5.69 Å². The molecule has 0 aliphatic heterocycles. The topological polar surface area (TPSA) is 51.0 Å². The summed E-state index contributed by atoms with van der Waals surface area (Å²) in [6.07, 6.45) is 0. The van der Waals surface area contributed by atoms with Crippen LogP contribution < -0.4 is 5.32 Å². The fourth-order valence-electron chi connectivity index (χ4n) is 1.37. The predicted molar refractivity (Wildman–Crippen MR) is 57.5 cm³/mol. The normalized spacial score (nSPS) is 10.4. The van der Waals surface area contributed by atoms with E-state index in [4.69, 9.17) is 0 Å². The third-order valence-corrected chi connectivity index (χ3v) is 2.39. The van der Waals surface area contributed by atoms with Crippen molar-refractivity contribution in [2.75, 3.05) is 5.32 Å². The van der Waals surface area contributed by atoms with Gasteiger partial charge in [0.05, 0.1) is 6.54 Å². The second-order valence-corrected chi connectivity index (χ2v) is 3.61. The number of nitrogens with one attached hydrogen (secondary N) is 1. The zero-order chi connectivity index (χ0) is 11.5. The maximum Gasteiger partial charge on any atom is 0.127 e. The molecule has 1 aromatic carbocycles. The van der Waals surface area contributed by atoms with E-state index in [1.165, 1.54) is 12.1 Å². The summed E-state index contributed by atoms with van der Waals surface area (Å²) in [6, 6.07) is 4.62. The number of anilines is 1. The van der Waals surface area contributed by atoms with Gasteiger partial charge < -0.3 is 5.32 Å². The van der Waals surface area contributed by atoms with Gasteiger partial charge in [0.25, 0.3) is 0 Å². The fourth-order valence-corrected chi connectivity index (χ4v) is 1.37. The minimum atomic E-state index is -0.261. The van der Waals surface area contributed by atoms with E-state index in [0.29, 0.717) is 6.54 Å². The number of hydrogen-bond donors (Lipinski definition) is 1. The highest BCUT2D eigenvalue weighted by Crippen LogP contribution is 2.17. The van der Waals surface area contributed by atoms with E-state index in [9.17, 15) is 4.39 Å². The molecule has 0 unspecified atom stereocenters. The molecule has 0 aliphatic rings. The Morgan fingerprint density at radius 1 is 1.31 bits per heavy atom. The van der Waals surface area contributed by atoms with E-state index < -0.39 is 0 Å². The van der Waals surface area contributed by atoms with E-state index in [0.717, 1.165) is 22.6 Å². The Balaban J connectivity index is 2.10. The minimum Gasteiger partial charge on any atom is -0.379 e. The Kier molecular flexibility index (Phi) is 2.85. The lowest BCUT2D eigenvalue weighted by Crippen LogP contribution is -2.03. The third kappa shape index (κ3) is 2.18. The molecule has 2 aromatic rings. The molecule has 0 spiro atoms. The Morgan fingerprint density at radius 3 is 2.81 bits per heavy atom. The molecule has 1 aromatic heterocycles. The highest BCUT2D eigenvalue weighted by atomic mass is 19.1. The highest BCUT2D eigenvalue weighted by molar-refractivity contribution is 5.50. The summed E-state index contributed by atoms with van der Waals surface area (Å²) in [5, 5.41) is 10.5. The van der Waals surface area contributed by atoms with Gasteiger partial charge in [0.1, 0.15) is 17.2 Å². The van der Waals surface area contributed by atoms with Crippen molar-refractivity contribution in [3.8, 4) is 0 Å². The van der Waals surface area contributed by atoms with Gasteiger partial charge in [-0.15, -0.1) is 0 Å². The maximum atomic E-state index is 13.0. The third-order valence-electron chi connectivity index (χ3n) is 2.39. The minimum absolute atomic E-state index is 0.261. The lowest BCUT2D eigenvalue weighted by molar-refractivity contribution is 0.301. The monoisotopic (exact) mass is 221 g/mol. The van der Waals surface area contributed by atoms with E-state index >= 15 is 0 Å². The van der Waals surface area contributed by atoms with Crippen molar-refractivity contribution in [3.05, 3.63) is 41.0 Å². The first-order valence-corrected chi connectivity index (χ1v) is 4.95. The predicted octanol–water partition coefficient (Wildman–Crippen LogP) is 2.44. The summed E-state index contributed by atoms with van der Waals surface area (Å²) in [4.78, 5) is 0. The molecule has 2 rings (SSSR count). The SMILES string of the molecule is Cc1ccc(F)cc1NCc1nonc1C. The van der Waals surface area contributed by atoms with Crippen LogP contribution in [0.25, 0.3) is 0 Å². The Morgan fingerprint density at radius 2 is 2.12 bits per heavy atom. The van der Waals surface area contributed by atoms with Crippen LogP contribution in [0.3, 0.4) is 0 Å². The highest BCUT2D eigenvalue weighted by Gasteiger charge is 2.06. The largest absolute Gasteiger partial charge is 0.379 e. The fraction of sp³-hybridized carbons (Fsp3) is 0.273. The number of hydrogen-bond acceptors (Lipinski definition) is 4. The van der Waals surface area contributed by atoms with Crippen molar-refractivity contribution < 1.29 is 9.02 Å². The smallest absolute Gasteiger partial charge is 0.127 e. The number of nitrogens with zero attached hydrogens (tertiary/aromatic N) is 2. The first kappa shape index (κ1) is 10.6. The number of rotatable bonds is 3. The number of aromatic nitrogens is 2. The molecule has 1 N–H and O–H groups in total. The second-order valence-electron chi connectivity index (χ2n) is 3.61. The standard InChI is InChI=1S/C11H12FN3O/c1-7-3-4-9(12)5-10(7)13-6-11-8(2)14-16-15-11/h3-5,13H,6H2,1-2H3. The molecular formula is C11H12FN3O. The molecule has 1 heterocycles. The van der Waals surface area contributed by atoms with Crippen molar-refractivity contribution in [1.29, 1.82) is 0 Å². The molecule has 84 valence electrons. The van der Waals surface area contributed by atoms with Gasteiger partial charge in [0.2, 0.25) is 0 Å². The Hall–Kier alpha value is -1.91. The molecule has 0 radical (unpaired) electrons. The van der Waals surface area contributed by atoms with Gasteiger partial charge in [-0.3, -0.25) is 0 Å². The number of aryl methyl sites for hydroxylation is 2. The number of benzene rings is 1. The van der Waals surface area contributed by atoms with Crippen LogP contribution in [0, 0.1) is 19.7 Å². The molecular weight excluding hydrogens is 209 g/mol. The molecule has 0 aliphatic carbocycles. The van der Waals surface area contributed by atoms with Crippen LogP contribution in [0.4, 0.5) is 10.1 Å². The van der Waals surface area contributed by atoms with Crippen molar-refractivity contribution in [1.82, 2.24) is 10.3 Å². The quantitative estimate of drug-likeness (QED) is 0.864. The van der Waals surface area contributed by atoms with Crippen LogP contribution in [0.1, 0.15) is 17.0 Å². The van der Waals surface area contributed by atoms with Crippen LogP contribution in [-0.2, 0) is 6.54 Å². The van der Waals surface area contributed by atoms with Crippen LogP contribution in [-0.4, -0.2) is 10.3 Å². The van der Waals surface area contributed by atoms with Gasteiger partial charge >= 0.3 is 0 Å². The van der Waals surface area contributed by atoms with E-state index in [1.807, 2.05) is 13.8 Å². The summed E-state index contributed by atoms with van der Waals surface area (Å²) in [5.74, 6) is -0.261. The average Bonchev–Trinajstić information content (AvgIpc) is 2.66. The zero-order valence-electron chi connectivity index (χ0n) is 9.12. The van der Waals surface area contributed by atoms with Crippen molar-refractivity contribution >= 4 is 5.69 Å². The van der Waals surface area contributed by atoms with Crippen LogP contribution in [0.5, 0.6) is 0 Å². The van der Waals surface area contributed by atoms with Crippen LogP contribution in [0.2, 0.25) is 0 Å². The van der Waals surface area contributed by atoms with Crippen LogP contribution >= 0.6 is 0 Å². The van der Waals surface area contributed by atoms with Gasteiger partial charge in [0.15, 0.2) is 0 Å². The zero-order valence-corrected chi connectivity index (χ0v) is 9.12. The first-order chi connectivity index (χ1) is 7.66. The summed E-state index contributed by atoms with van der Waals surface area (Å²) >= 11 is 0. The van der Waals surface area contributed by atoms with Crippen molar-refractivity contribution in [3.63, 3.8) is 0 Å². The van der Waals surface area contributed by atoms with Gasteiger partial charge in [-0.1, -0.05) is 16.4 Å². The van der Waals surface area contributed by atoms with E-state index in [-0.39, 0.29) is 5.82 Å². The Bertz CT molecular complexity index is 496. The molecule has 0 amide bonds. The molecule has 16 heavy (non-hydrogen) atoms. The summed E-state index contributed by atoms with van der Waals surface area (Å²) in [6.45, 7) is 4.20. The first-order valence-electron chi connectivity index (χ1n) is 4.95. The Labute approximate surface area is 92.4 Å². The van der Waals surface area contributed by atoms with E-state index in [1.54, 1.807) is 6.07 Å². The van der Waals surface area contributed by atoms with Crippen LogP contribution in [0.15, 0.2) is 22.8 Å². The maximum absolute atomic E-state index is 13.0. The van der Waals surface area contributed by atoms with Gasteiger partial charge in [-0.2, -0.15) is 0 Å². The molecule has 0 saturated carbocycles. The summed E-state index contributed by atoms with van der Waals surface area (Å²) in [5.41, 5.74) is 3.20. The summed E-state index contributed by atoms with van der Waals surface area (Å²) < 4.78 is 17.6. The molecule has 0 saturated heterocycles. The molecule has 5 heteroatoms. The molecule has 0 fully saturated rings. The number of halogens is 1. The van der Waals surface area contributed by atoms with Crippen molar-refractivity contribution in [2.24, 2.45) is 0 Å². The lowest BCUT2D eigenvalue weighted by atomic mass is 10.2. The van der Waals surface area contributed by atoms with Gasteiger partial charge in [-0.25, -0.2) is 9.02 Å². The van der Waals surface area contributed by atoms with E-state index in [2.05, 4.69) is 20.3 Å². The average molecular weight is 221 g/mol. The summed E-state index contributed by atoms with van der Waals surface area (Å²) in [7, 11) is 0. The molecule has 0 atom stereocenters. The van der Waals surface area contributed by atoms with Gasteiger partial charge in [-0.05, 0) is 31.5 Å². The molecule has 0 bridgehead atoms. The second kappa shape index (κ2) is 4.30. The lowest BCUT2D eigenvalue weighted by Gasteiger charge is -2.07.